The molecule has 0 aromatic heterocycles. The average Bonchev–Trinajstić information content (AvgIpc) is 3.02. The maximum Gasteiger partial charge on any atom is 0.319 e. The van der Waals surface area contributed by atoms with Gasteiger partial charge in [-0.1, -0.05) is 23.7 Å². The number of carbonyl (C=O) groups excluding carboxylic acids is 1. The SMILES string of the molecule is O=C(NCCC(O)c1cccc(Cl)c1)Nc1ccc2c(c1)OCO2. The summed E-state index contributed by atoms with van der Waals surface area (Å²) in [7, 11) is 0. The monoisotopic (exact) mass is 348 g/mol. The smallest absolute Gasteiger partial charge is 0.319 e. The van der Waals surface area contributed by atoms with Crippen LogP contribution in [-0.4, -0.2) is 24.5 Å². The topological polar surface area (TPSA) is 79.8 Å². The Hall–Kier alpha value is -2.44. The molecule has 0 aliphatic carbocycles. The number of aliphatic hydroxyl groups excluding tert-OH is 1. The summed E-state index contributed by atoms with van der Waals surface area (Å²) in [6, 6.07) is 11.8. The van der Waals surface area contributed by atoms with Crippen LogP contribution in [0, 0.1) is 0 Å². The molecule has 6 nitrogen and oxygen atoms in total. The van der Waals surface area contributed by atoms with Crippen molar-refractivity contribution in [2.45, 2.75) is 12.5 Å². The highest BCUT2D eigenvalue weighted by molar-refractivity contribution is 6.30. The molecule has 3 N–H and O–H groups in total. The second-order valence-electron chi connectivity index (χ2n) is 5.31. The van der Waals surface area contributed by atoms with Crippen molar-refractivity contribution < 1.29 is 19.4 Å². The zero-order chi connectivity index (χ0) is 16.9. The first-order chi connectivity index (χ1) is 11.6. The minimum atomic E-state index is -0.686. The molecule has 1 unspecified atom stereocenters. The zero-order valence-electron chi connectivity index (χ0n) is 12.8. The lowest BCUT2D eigenvalue weighted by Crippen LogP contribution is -2.30. The fourth-order valence-electron chi connectivity index (χ4n) is 2.35. The second-order valence-corrected chi connectivity index (χ2v) is 5.74. The highest BCUT2D eigenvalue weighted by Crippen LogP contribution is 2.34. The molecule has 3 rings (SSSR count). The molecular weight excluding hydrogens is 332 g/mol. The van der Waals surface area contributed by atoms with Crippen LogP contribution in [0.25, 0.3) is 0 Å². The lowest BCUT2D eigenvalue weighted by atomic mass is 10.1. The summed E-state index contributed by atoms with van der Waals surface area (Å²) in [4.78, 5) is 11.9. The number of benzene rings is 2. The fourth-order valence-corrected chi connectivity index (χ4v) is 2.55. The van der Waals surface area contributed by atoms with Crippen LogP contribution in [0.5, 0.6) is 11.5 Å². The maximum atomic E-state index is 11.9. The van der Waals surface area contributed by atoms with Gasteiger partial charge in [0.15, 0.2) is 11.5 Å². The fraction of sp³-hybridized carbons (Fsp3) is 0.235. The number of carbonyl (C=O) groups is 1. The Morgan fingerprint density at radius 2 is 2.04 bits per heavy atom. The van der Waals surface area contributed by atoms with E-state index in [0.717, 1.165) is 5.56 Å². The Kier molecular flexibility index (Phi) is 5.08. The van der Waals surface area contributed by atoms with E-state index in [2.05, 4.69) is 10.6 Å². The Bertz CT molecular complexity index is 738. The molecule has 0 radical (unpaired) electrons. The largest absolute Gasteiger partial charge is 0.454 e. The van der Waals surface area contributed by atoms with E-state index in [1.54, 1.807) is 42.5 Å². The summed E-state index contributed by atoms with van der Waals surface area (Å²) in [6.45, 7) is 0.510. The number of hydrogen-bond acceptors (Lipinski definition) is 4. The number of halogens is 1. The minimum Gasteiger partial charge on any atom is -0.454 e. The Morgan fingerprint density at radius 1 is 1.21 bits per heavy atom. The van der Waals surface area contributed by atoms with Gasteiger partial charge in [-0.15, -0.1) is 0 Å². The van der Waals surface area contributed by atoms with Crippen molar-refractivity contribution in [1.29, 1.82) is 0 Å². The van der Waals surface area contributed by atoms with Crippen LogP contribution in [0.2, 0.25) is 5.02 Å². The van der Waals surface area contributed by atoms with Gasteiger partial charge in [-0.2, -0.15) is 0 Å². The highest BCUT2D eigenvalue weighted by atomic mass is 35.5. The van der Waals surface area contributed by atoms with Gasteiger partial charge in [-0.05, 0) is 36.2 Å². The number of nitrogens with one attached hydrogen (secondary N) is 2. The number of hydrogen-bond donors (Lipinski definition) is 3. The first kappa shape index (κ1) is 16.4. The van der Waals surface area contributed by atoms with Gasteiger partial charge in [0.1, 0.15) is 0 Å². The Labute approximate surface area is 144 Å². The Morgan fingerprint density at radius 3 is 2.88 bits per heavy atom. The van der Waals surface area contributed by atoms with Crippen molar-refractivity contribution in [1.82, 2.24) is 5.32 Å². The van der Waals surface area contributed by atoms with Crippen molar-refractivity contribution in [3.8, 4) is 11.5 Å². The summed E-state index contributed by atoms with van der Waals surface area (Å²) >= 11 is 5.89. The van der Waals surface area contributed by atoms with Gasteiger partial charge in [0.05, 0.1) is 6.10 Å². The van der Waals surface area contributed by atoms with E-state index in [4.69, 9.17) is 21.1 Å². The molecule has 2 aromatic rings. The number of anilines is 1. The van der Waals surface area contributed by atoms with Crippen LogP contribution in [-0.2, 0) is 0 Å². The number of urea groups is 1. The summed E-state index contributed by atoms with van der Waals surface area (Å²) in [5, 5.41) is 16.1. The van der Waals surface area contributed by atoms with Gasteiger partial charge in [-0.25, -0.2) is 4.79 Å². The average molecular weight is 349 g/mol. The molecule has 1 aliphatic heterocycles. The quantitative estimate of drug-likeness (QED) is 0.774. The normalized spacial score (nSPS) is 13.4. The molecule has 2 amide bonds. The van der Waals surface area contributed by atoms with Gasteiger partial charge >= 0.3 is 6.03 Å². The van der Waals surface area contributed by atoms with Gasteiger partial charge in [0.25, 0.3) is 0 Å². The molecule has 24 heavy (non-hydrogen) atoms. The van der Waals surface area contributed by atoms with Gasteiger partial charge in [-0.3, -0.25) is 0 Å². The van der Waals surface area contributed by atoms with Crippen LogP contribution < -0.4 is 20.1 Å². The van der Waals surface area contributed by atoms with Crippen molar-refractivity contribution in [2.24, 2.45) is 0 Å². The second kappa shape index (κ2) is 7.42. The molecule has 1 aliphatic rings. The van der Waals surface area contributed by atoms with Gasteiger partial charge in [0.2, 0.25) is 6.79 Å². The zero-order valence-corrected chi connectivity index (χ0v) is 13.5. The summed E-state index contributed by atoms with van der Waals surface area (Å²) < 4.78 is 10.5. The van der Waals surface area contributed by atoms with E-state index in [1.807, 2.05) is 0 Å². The Balaban J connectivity index is 1.46. The molecule has 0 fully saturated rings. The molecule has 7 heteroatoms. The molecule has 0 saturated heterocycles. The molecule has 0 spiro atoms. The third-order valence-corrected chi connectivity index (χ3v) is 3.80. The standard InChI is InChI=1S/C17H17ClN2O4/c18-12-3-1-2-11(8-12)14(21)6-7-19-17(22)20-13-4-5-15-16(9-13)24-10-23-15/h1-5,8-9,14,21H,6-7,10H2,(H2,19,20,22). The molecule has 126 valence electrons. The van der Waals surface area contributed by atoms with Crippen LogP contribution in [0.3, 0.4) is 0 Å². The third kappa shape index (κ3) is 4.10. The first-order valence-corrected chi connectivity index (χ1v) is 7.87. The molecule has 0 saturated carbocycles. The molecular formula is C17H17ClN2O4. The summed E-state index contributed by atoms with van der Waals surface area (Å²) in [5.41, 5.74) is 1.33. The lowest BCUT2D eigenvalue weighted by molar-refractivity contribution is 0.167. The van der Waals surface area contributed by atoms with E-state index in [1.165, 1.54) is 0 Å². The number of fused-ring (bicyclic) bond motifs is 1. The predicted octanol–water partition coefficient (Wildman–Crippen LogP) is 3.31. The molecule has 1 heterocycles. The molecule has 0 bridgehead atoms. The van der Waals surface area contributed by atoms with Crippen LogP contribution >= 0.6 is 11.6 Å². The van der Waals surface area contributed by atoms with Gasteiger partial charge < -0.3 is 25.2 Å². The maximum absolute atomic E-state index is 11.9. The number of aliphatic hydroxyl groups is 1. The highest BCUT2D eigenvalue weighted by Gasteiger charge is 2.14. The summed E-state index contributed by atoms with van der Waals surface area (Å²) in [6.07, 6.45) is -0.302. The van der Waals surface area contributed by atoms with E-state index in [9.17, 15) is 9.90 Å². The van der Waals surface area contributed by atoms with Crippen molar-refractivity contribution in [3.63, 3.8) is 0 Å². The summed E-state index contributed by atoms with van der Waals surface area (Å²) in [5.74, 6) is 1.26. The van der Waals surface area contributed by atoms with E-state index < -0.39 is 6.10 Å². The van der Waals surface area contributed by atoms with E-state index in [-0.39, 0.29) is 12.8 Å². The number of amides is 2. The van der Waals surface area contributed by atoms with E-state index >= 15 is 0 Å². The predicted molar refractivity (Wildman–Crippen MR) is 90.6 cm³/mol. The molecule has 2 aromatic carbocycles. The van der Waals surface area contributed by atoms with E-state index in [0.29, 0.717) is 35.2 Å². The van der Waals surface area contributed by atoms with Crippen molar-refractivity contribution >= 4 is 23.3 Å². The van der Waals surface area contributed by atoms with Crippen molar-refractivity contribution in [3.05, 3.63) is 53.1 Å². The third-order valence-electron chi connectivity index (χ3n) is 3.57. The van der Waals surface area contributed by atoms with Gasteiger partial charge in [0, 0.05) is 23.3 Å². The van der Waals surface area contributed by atoms with Crippen molar-refractivity contribution in [2.75, 3.05) is 18.7 Å². The number of ether oxygens (including phenoxy) is 2. The molecule has 1 atom stereocenters. The first-order valence-electron chi connectivity index (χ1n) is 7.50. The number of rotatable bonds is 5. The van der Waals surface area contributed by atoms with Crippen LogP contribution in [0.1, 0.15) is 18.1 Å². The van der Waals surface area contributed by atoms with Crippen LogP contribution in [0.15, 0.2) is 42.5 Å². The lowest BCUT2D eigenvalue weighted by Gasteiger charge is -2.12. The van der Waals surface area contributed by atoms with Crippen LogP contribution in [0.4, 0.5) is 10.5 Å². The minimum absolute atomic E-state index is 0.187.